The van der Waals surface area contributed by atoms with Crippen LogP contribution < -0.4 is 24.3 Å². The molecule has 3 N–H and O–H groups in total. The molecule has 1 fully saturated rings. The van der Waals surface area contributed by atoms with Gasteiger partial charge in [0.1, 0.15) is 34.4 Å². The van der Waals surface area contributed by atoms with Gasteiger partial charge in [-0.2, -0.15) is 0 Å². The molecular formula is C36H41N5O8. The maximum Gasteiger partial charge on any atom is 0.354 e. The molecule has 0 amide bonds. The van der Waals surface area contributed by atoms with Gasteiger partial charge in [0.25, 0.3) is 0 Å². The molecule has 0 radical (unpaired) electrons. The molecule has 2 aromatic heterocycles. The van der Waals surface area contributed by atoms with E-state index in [0.717, 1.165) is 37.3 Å². The lowest BCUT2D eigenvalue weighted by Crippen LogP contribution is -2.36. The van der Waals surface area contributed by atoms with Gasteiger partial charge in [-0.1, -0.05) is 0 Å². The summed E-state index contributed by atoms with van der Waals surface area (Å²) < 4.78 is 21.8. The maximum atomic E-state index is 12.1. The molecule has 4 aromatic rings. The predicted molar refractivity (Wildman–Crippen MR) is 183 cm³/mol. The number of rotatable bonds is 12. The smallest absolute Gasteiger partial charge is 0.354 e. The summed E-state index contributed by atoms with van der Waals surface area (Å²) in [6.45, 7) is 5.11. The molecule has 49 heavy (non-hydrogen) atoms. The first-order valence-electron chi connectivity index (χ1n) is 15.8. The van der Waals surface area contributed by atoms with Crippen molar-refractivity contribution in [2.75, 3.05) is 67.7 Å². The highest BCUT2D eigenvalue weighted by Crippen LogP contribution is 2.35. The maximum absolute atomic E-state index is 12.1. The summed E-state index contributed by atoms with van der Waals surface area (Å²) in [6, 6.07) is 17.7. The highest BCUT2D eigenvalue weighted by atomic mass is 16.5. The summed E-state index contributed by atoms with van der Waals surface area (Å²) in [4.78, 5) is 37.6. The van der Waals surface area contributed by atoms with E-state index in [4.69, 9.17) is 18.9 Å². The Morgan fingerprint density at radius 2 is 1.06 bits per heavy atom. The number of pyridine rings is 2. The molecule has 13 nitrogen and oxygen atoms in total. The second-order valence-electron chi connectivity index (χ2n) is 11.5. The average molecular weight is 672 g/mol. The highest BCUT2D eigenvalue weighted by Gasteiger charge is 2.20. The molecule has 1 saturated heterocycles. The van der Waals surface area contributed by atoms with E-state index in [9.17, 15) is 19.8 Å². The van der Waals surface area contributed by atoms with Crippen LogP contribution in [0.25, 0.3) is 22.3 Å². The van der Waals surface area contributed by atoms with E-state index < -0.39 is 11.9 Å². The van der Waals surface area contributed by atoms with Crippen molar-refractivity contribution in [3.05, 3.63) is 83.4 Å². The lowest BCUT2D eigenvalue weighted by Gasteiger charge is -2.26. The standard InChI is InChI=1S/C36H41N5O8/c1-46-27-5-7-29(33(19-27)48-3)23-15-25(38-31(17-23)35(42)43)21-40-11-9-37-10-12-41(14-13-40)22-26-16-24(18-32(39-26)36(44)45)30-8-6-28(47-2)20-34(30)49-4/h5-8,15-20,37H,9-14,21-22H2,1-4H3,(H,42,43)(H,44,45). The molecule has 13 heteroatoms. The molecule has 258 valence electrons. The van der Waals surface area contributed by atoms with Crippen LogP contribution >= 0.6 is 0 Å². The van der Waals surface area contributed by atoms with Gasteiger partial charge in [-0.15, -0.1) is 0 Å². The van der Waals surface area contributed by atoms with Crippen molar-refractivity contribution < 1.29 is 38.7 Å². The molecular weight excluding hydrogens is 630 g/mol. The second kappa shape index (κ2) is 16.2. The van der Waals surface area contributed by atoms with E-state index in [2.05, 4.69) is 25.1 Å². The Kier molecular flexibility index (Phi) is 11.6. The van der Waals surface area contributed by atoms with Crippen molar-refractivity contribution in [3.8, 4) is 45.3 Å². The fourth-order valence-electron chi connectivity index (χ4n) is 5.82. The normalized spacial score (nSPS) is 14.3. The fourth-order valence-corrected chi connectivity index (χ4v) is 5.82. The number of ether oxygens (including phenoxy) is 4. The van der Waals surface area contributed by atoms with Crippen molar-refractivity contribution in [1.82, 2.24) is 25.1 Å². The van der Waals surface area contributed by atoms with E-state index in [-0.39, 0.29) is 11.4 Å². The number of benzene rings is 2. The number of carboxylic acid groups (broad SMARTS) is 2. The van der Waals surface area contributed by atoms with Crippen molar-refractivity contribution in [2.45, 2.75) is 13.1 Å². The van der Waals surface area contributed by atoms with Crippen LogP contribution in [0, 0.1) is 0 Å². The van der Waals surface area contributed by atoms with E-state index in [1.807, 2.05) is 24.3 Å². The van der Waals surface area contributed by atoms with E-state index in [0.29, 0.717) is 71.7 Å². The Labute approximate surface area is 285 Å². The molecule has 0 aliphatic carbocycles. The van der Waals surface area contributed by atoms with E-state index >= 15 is 0 Å². The molecule has 0 bridgehead atoms. The monoisotopic (exact) mass is 671 g/mol. The lowest BCUT2D eigenvalue weighted by atomic mass is 10.0. The fraction of sp³-hybridized carbons (Fsp3) is 0.333. The number of aromatic carboxylic acids is 2. The van der Waals surface area contributed by atoms with Crippen LogP contribution in [0.4, 0.5) is 0 Å². The third kappa shape index (κ3) is 8.82. The molecule has 0 unspecified atom stereocenters. The van der Waals surface area contributed by atoms with Gasteiger partial charge in [0.2, 0.25) is 0 Å². The van der Waals surface area contributed by atoms with Gasteiger partial charge in [0, 0.05) is 75.6 Å². The molecule has 3 heterocycles. The van der Waals surface area contributed by atoms with Crippen molar-refractivity contribution in [1.29, 1.82) is 0 Å². The molecule has 1 aliphatic rings. The molecule has 0 atom stereocenters. The number of hydrogen-bond donors (Lipinski definition) is 3. The van der Waals surface area contributed by atoms with Crippen molar-refractivity contribution in [2.24, 2.45) is 0 Å². The molecule has 0 saturated carbocycles. The Morgan fingerprint density at radius 3 is 1.43 bits per heavy atom. The minimum atomic E-state index is -1.12. The number of carboxylic acids is 2. The van der Waals surface area contributed by atoms with Gasteiger partial charge >= 0.3 is 11.9 Å². The van der Waals surface area contributed by atoms with Gasteiger partial charge < -0.3 is 34.5 Å². The minimum absolute atomic E-state index is 0.0527. The Bertz CT molecular complexity index is 1670. The van der Waals surface area contributed by atoms with Crippen LogP contribution in [0.2, 0.25) is 0 Å². The van der Waals surface area contributed by atoms with Crippen LogP contribution in [0.15, 0.2) is 60.7 Å². The summed E-state index contributed by atoms with van der Waals surface area (Å²) in [5.41, 5.74) is 3.95. The Morgan fingerprint density at radius 1 is 0.633 bits per heavy atom. The van der Waals surface area contributed by atoms with Crippen LogP contribution in [0.5, 0.6) is 23.0 Å². The van der Waals surface area contributed by atoms with Crippen molar-refractivity contribution >= 4 is 11.9 Å². The number of nitrogens with one attached hydrogen (secondary N) is 1. The molecule has 0 spiro atoms. The van der Waals surface area contributed by atoms with Gasteiger partial charge in [0.05, 0.1) is 39.8 Å². The summed E-state index contributed by atoms with van der Waals surface area (Å²) in [6.07, 6.45) is 0. The first-order valence-corrected chi connectivity index (χ1v) is 15.8. The number of methoxy groups -OCH3 is 4. The summed E-state index contributed by atoms with van der Waals surface area (Å²) in [5, 5.41) is 23.3. The summed E-state index contributed by atoms with van der Waals surface area (Å²) in [5.74, 6) is 0.146. The van der Waals surface area contributed by atoms with Crippen molar-refractivity contribution in [3.63, 3.8) is 0 Å². The summed E-state index contributed by atoms with van der Waals surface area (Å²) >= 11 is 0. The zero-order valence-corrected chi connectivity index (χ0v) is 28.1. The van der Waals surface area contributed by atoms with Crippen LogP contribution in [0.1, 0.15) is 32.4 Å². The third-order valence-corrected chi connectivity index (χ3v) is 8.35. The predicted octanol–water partition coefficient (Wildman–Crippen LogP) is 4.15. The van der Waals surface area contributed by atoms with Gasteiger partial charge in [-0.3, -0.25) is 9.80 Å². The molecule has 2 aromatic carbocycles. The number of carbonyl (C=O) groups is 2. The zero-order chi connectivity index (χ0) is 34.9. The molecule has 1 aliphatic heterocycles. The average Bonchev–Trinajstić information content (AvgIpc) is 3.22. The summed E-state index contributed by atoms with van der Waals surface area (Å²) in [7, 11) is 6.27. The second-order valence-corrected chi connectivity index (χ2v) is 11.5. The van der Waals surface area contributed by atoms with Crippen LogP contribution in [-0.2, 0) is 13.1 Å². The van der Waals surface area contributed by atoms with E-state index in [1.165, 1.54) is 0 Å². The van der Waals surface area contributed by atoms with Crippen LogP contribution in [0.3, 0.4) is 0 Å². The topological polar surface area (TPSA) is 156 Å². The van der Waals surface area contributed by atoms with E-state index in [1.54, 1.807) is 64.8 Å². The number of aromatic nitrogens is 2. The quantitative estimate of drug-likeness (QED) is 0.198. The van der Waals surface area contributed by atoms with Gasteiger partial charge in [0.15, 0.2) is 0 Å². The highest BCUT2D eigenvalue weighted by molar-refractivity contribution is 5.88. The minimum Gasteiger partial charge on any atom is -0.497 e. The van der Waals surface area contributed by atoms with Crippen LogP contribution in [-0.4, -0.2) is 110 Å². The zero-order valence-electron chi connectivity index (χ0n) is 28.1. The Balaban J connectivity index is 1.37. The molecule has 5 rings (SSSR count). The first kappa shape index (κ1) is 35.1. The lowest BCUT2D eigenvalue weighted by molar-refractivity contribution is 0.0679. The largest absolute Gasteiger partial charge is 0.497 e. The van der Waals surface area contributed by atoms with Gasteiger partial charge in [-0.25, -0.2) is 19.6 Å². The number of hydrogen-bond acceptors (Lipinski definition) is 11. The first-order chi connectivity index (χ1) is 23.7. The Hall–Kier alpha value is -5.24. The SMILES string of the molecule is COc1ccc(-c2cc(CN3CCNCCN(Cc4cc(-c5ccc(OC)cc5OC)cc(C(=O)O)n4)CC3)nc(C(=O)O)c2)c(OC)c1. The number of nitrogens with zero attached hydrogens (tertiary/aromatic N) is 4. The third-order valence-electron chi connectivity index (χ3n) is 8.35. The van der Waals surface area contributed by atoms with Gasteiger partial charge in [-0.05, 0) is 59.7 Å².